The normalized spacial score (nSPS) is 21.0. The molecule has 3 atom stereocenters. The van der Waals surface area contributed by atoms with E-state index in [4.69, 9.17) is 30.5 Å². The molecule has 2 heterocycles. The van der Waals surface area contributed by atoms with Gasteiger partial charge in [0.2, 0.25) is 11.8 Å². The number of halogens is 4. The van der Waals surface area contributed by atoms with E-state index in [-0.39, 0.29) is 60.6 Å². The molecule has 3 aliphatic rings. The minimum atomic E-state index is -5.29. The van der Waals surface area contributed by atoms with E-state index in [9.17, 15) is 27.6 Å². The lowest BCUT2D eigenvalue weighted by Crippen LogP contribution is -2.63. The highest BCUT2D eigenvalue weighted by Crippen LogP contribution is 2.58. The number of hydrogen-bond donors (Lipinski definition) is 1. The van der Waals surface area contributed by atoms with E-state index < -0.39 is 29.0 Å². The van der Waals surface area contributed by atoms with Crippen LogP contribution in [0.15, 0.2) is 91.5 Å². The third kappa shape index (κ3) is 10.6. The third-order valence-electron chi connectivity index (χ3n) is 14.5. The molecule has 0 unspecified atom stereocenters. The van der Waals surface area contributed by atoms with Gasteiger partial charge in [-0.25, -0.2) is 14.8 Å². The summed E-state index contributed by atoms with van der Waals surface area (Å²) in [5.41, 5.74) is 4.06. The second-order valence-electron chi connectivity index (χ2n) is 19.0. The highest BCUT2D eigenvalue weighted by molar-refractivity contribution is 6.31. The number of hydrogen-bond acceptors (Lipinski definition) is 10. The molecular weight excluding hydrogens is 923 g/mol. The first-order valence-corrected chi connectivity index (χ1v) is 24.4. The molecule has 1 fully saturated rings. The molecule has 3 aliphatic carbocycles. The molecule has 5 aromatic rings. The lowest BCUT2D eigenvalue weighted by molar-refractivity contribution is -0.174. The number of amides is 2. The molecule has 2 amide bonds. The van der Waals surface area contributed by atoms with E-state index in [0.29, 0.717) is 55.0 Å². The third-order valence-corrected chi connectivity index (χ3v) is 14.7. The van der Waals surface area contributed by atoms with Crippen molar-refractivity contribution in [1.82, 2.24) is 20.3 Å². The number of fused-ring (bicyclic) bond motifs is 3. The van der Waals surface area contributed by atoms with Gasteiger partial charge in [-0.2, -0.15) is 13.2 Å². The number of rotatable bonds is 17. The van der Waals surface area contributed by atoms with Crippen molar-refractivity contribution in [2.45, 2.75) is 108 Å². The molecule has 1 saturated carbocycles. The first-order chi connectivity index (χ1) is 33.7. The van der Waals surface area contributed by atoms with Crippen LogP contribution in [-0.4, -0.2) is 78.4 Å². The molecule has 1 spiro atoms. The Morgan fingerprint density at radius 1 is 0.971 bits per heavy atom. The van der Waals surface area contributed by atoms with Crippen LogP contribution in [0.4, 0.5) is 18.9 Å². The van der Waals surface area contributed by atoms with E-state index in [0.717, 1.165) is 72.1 Å². The van der Waals surface area contributed by atoms with Crippen LogP contribution in [-0.2, 0) is 43.8 Å². The van der Waals surface area contributed by atoms with Gasteiger partial charge in [-0.05, 0) is 146 Å². The van der Waals surface area contributed by atoms with Crippen molar-refractivity contribution in [2.75, 3.05) is 38.9 Å². The van der Waals surface area contributed by atoms with Crippen molar-refractivity contribution < 1.29 is 46.5 Å². The maximum atomic E-state index is 14.6. The van der Waals surface area contributed by atoms with Crippen LogP contribution in [0.2, 0.25) is 5.02 Å². The number of methoxy groups -OCH3 is 2. The topological polar surface area (TPSA) is 142 Å². The first kappa shape index (κ1) is 50.2. The van der Waals surface area contributed by atoms with Crippen molar-refractivity contribution >= 4 is 35.1 Å². The number of nitrogens with zero attached hydrogens (tertiary/aromatic N) is 4. The molecule has 16 heteroatoms. The van der Waals surface area contributed by atoms with Gasteiger partial charge in [0.15, 0.2) is 0 Å². The van der Waals surface area contributed by atoms with Gasteiger partial charge in [-0.15, -0.1) is 0 Å². The molecule has 1 N–H and O–H groups in total. The van der Waals surface area contributed by atoms with Crippen molar-refractivity contribution in [2.24, 2.45) is 11.8 Å². The molecule has 370 valence electrons. The number of benzene rings is 3. The number of carbonyl (C=O) groups excluding carboxylic acids is 3. The monoisotopic (exact) mass is 981 g/mol. The number of nitrogens with one attached hydrogen (secondary N) is 1. The number of pyridine rings is 1. The van der Waals surface area contributed by atoms with Gasteiger partial charge in [0.1, 0.15) is 23.4 Å². The Labute approximate surface area is 411 Å². The van der Waals surface area contributed by atoms with Crippen molar-refractivity contribution in [3.8, 4) is 28.5 Å². The summed E-state index contributed by atoms with van der Waals surface area (Å²) in [6, 6.07) is 21.1. The highest BCUT2D eigenvalue weighted by atomic mass is 35.5. The van der Waals surface area contributed by atoms with Gasteiger partial charge >= 0.3 is 18.1 Å². The maximum Gasteiger partial charge on any atom is 0.471 e. The Bertz CT molecular complexity index is 2690. The molecule has 12 nitrogen and oxygen atoms in total. The summed E-state index contributed by atoms with van der Waals surface area (Å²) >= 11 is 6.29. The molecule has 0 saturated heterocycles. The number of esters is 1. The van der Waals surface area contributed by atoms with Gasteiger partial charge in [-0.3, -0.25) is 19.5 Å². The van der Waals surface area contributed by atoms with Crippen LogP contribution in [0.25, 0.3) is 11.1 Å². The lowest BCUT2D eigenvalue weighted by Gasteiger charge is -2.51. The van der Waals surface area contributed by atoms with Crippen LogP contribution in [0.5, 0.6) is 17.4 Å². The Morgan fingerprint density at radius 3 is 2.53 bits per heavy atom. The summed E-state index contributed by atoms with van der Waals surface area (Å²) in [5, 5.41) is 3.10. The predicted molar refractivity (Wildman–Crippen MR) is 259 cm³/mol. The number of ether oxygens (including phenoxy) is 4. The van der Waals surface area contributed by atoms with E-state index in [1.165, 1.54) is 36.2 Å². The molecule has 8 rings (SSSR count). The Balaban J connectivity index is 0.994. The minimum absolute atomic E-state index is 0.0224. The number of carbonyl (C=O) groups is 3. The van der Waals surface area contributed by atoms with Crippen molar-refractivity contribution in [3.05, 3.63) is 124 Å². The second-order valence-corrected chi connectivity index (χ2v) is 19.4. The zero-order chi connectivity index (χ0) is 49.6. The quantitative estimate of drug-likeness (QED) is 0.0707. The smallest absolute Gasteiger partial charge is 0.471 e. The van der Waals surface area contributed by atoms with Crippen LogP contribution in [0.3, 0.4) is 0 Å². The van der Waals surface area contributed by atoms with Gasteiger partial charge < -0.3 is 24.3 Å². The van der Waals surface area contributed by atoms with E-state index in [1.807, 2.05) is 48.7 Å². The number of anilines is 1. The lowest BCUT2D eigenvalue weighted by atomic mass is 9.59. The van der Waals surface area contributed by atoms with Crippen molar-refractivity contribution in [1.29, 1.82) is 0 Å². The summed E-state index contributed by atoms with van der Waals surface area (Å²) in [6.45, 7) is 5.51. The largest absolute Gasteiger partial charge is 0.494 e. The average Bonchev–Trinajstić information content (AvgIpc) is 3.63. The molecule has 0 bridgehead atoms. The predicted octanol–water partition coefficient (Wildman–Crippen LogP) is 10.4. The van der Waals surface area contributed by atoms with Gasteiger partial charge in [0, 0.05) is 40.9 Å². The zero-order valence-corrected chi connectivity index (χ0v) is 40.7. The first-order valence-electron chi connectivity index (χ1n) is 24.0. The van der Waals surface area contributed by atoms with E-state index in [2.05, 4.69) is 40.2 Å². The summed E-state index contributed by atoms with van der Waals surface area (Å²) in [4.78, 5) is 54.0. The van der Waals surface area contributed by atoms with Gasteiger partial charge in [-0.1, -0.05) is 61.8 Å². The molecule has 0 radical (unpaired) electrons. The number of alkyl halides is 3. The second kappa shape index (κ2) is 21.4. The maximum absolute atomic E-state index is 14.6. The summed E-state index contributed by atoms with van der Waals surface area (Å²) in [5.74, 6) is -0.867. The van der Waals surface area contributed by atoms with Gasteiger partial charge in [0.25, 0.3) is 0 Å². The Kier molecular flexibility index (Phi) is 15.4. The highest BCUT2D eigenvalue weighted by Gasteiger charge is 2.60. The van der Waals surface area contributed by atoms with Crippen molar-refractivity contribution in [3.63, 3.8) is 0 Å². The molecule has 3 aromatic carbocycles. The van der Waals surface area contributed by atoms with Crippen LogP contribution in [0, 0.1) is 11.8 Å². The molecular formula is C54H59ClF3N5O7. The standard InChI is InChI=1S/C54H59ClF3N5O7/c1-34(32-70-46-17-23-60-45-14-5-9-35(2)48(45)46)25-39-28-38-15-16-42(69-24-8-22-61-47(64)27-36-10-6-11-37(26-36)43-31-59-33-62-49(43)67-3)30-44(38)52(39)18-20-53(21-19-52,51(66)68-4)63(50(65)54(56,57)58)41-13-7-12-40(55)29-41/h6-7,10-13,15-17,23,26,29-31,33-35,39H,5,8-9,14,18-22,24-25,27-28,32H2,1-4H3,(H,61,64)/t34-,35-,39+,52?,53?/m1/s1. The van der Waals surface area contributed by atoms with Gasteiger partial charge in [0.05, 0.1) is 39.4 Å². The fourth-order valence-corrected chi connectivity index (χ4v) is 11.4. The Morgan fingerprint density at radius 2 is 1.77 bits per heavy atom. The average molecular weight is 983 g/mol. The summed E-state index contributed by atoms with van der Waals surface area (Å²) in [7, 11) is 2.68. The SMILES string of the molecule is COC(=O)C1(N(C(=O)C(F)(F)F)c2cccc(Cl)c2)CCC2(CC1)c1cc(OCCCNC(=O)Cc3cccc(-c4cncnc4OC)c3)ccc1C[C@@H]2C[C@@H](C)COc1ccnc2c1[C@H](C)CCC2. The van der Waals surface area contributed by atoms with Crippen LogP contribution >= 0.6 is 11.6 Å². The summed E-state index contributed by atoms with van der Waals surface area (Å²) in [6.07, 6.45) is 5.21. The number of aryl methyl sites for hydroxylation is 1. The molecule has 0 aliphatic heterocycles. The Hall–Kier alpha value is -6.22. The van der Waals surface area contributed by atoms with E-state index >= 15 is 0 Å². The van der Waals surface area contributed by atoms with Crippen LogP contribution < -0.4 is 24.4 Å². The van der Waals surface area contributed by atoms with Crippen LogP contribution in [0.1, 0.15) is 99.1 Å². The fraction of sp³-hybridized carbons (Fsp3) is 0.444. The fourth-order valence-electron chi connectivity index (χ4n) is 11.2. The minimum Gasteiger partial charge on any atom is -0.494 e. The molecule has 70 heavy (non-hydrogen) atoms. The summed E-state index contributed by atoms with van der Waals surface area (Å²) < 4.78 is 67.2. The zero-order valence-electron chi connectivity index (χ0n) is 40.0. The molecule has 2 aromatic heterocycles. The van der Waals surface area contributed by atoms with E-state index in [1.54, 1.807) is 13.3 Å². The number of aromatic nitrogens is 3.